The SMILES string of the molecule is CCC(C)(NC(=O)CCCN)c1nccs1.Cl.Cl. The van der Waals surface area contributed by atoms with E-state index < -0.39 is 0 Å². The molecule has 1 atom stereocenters. The summed E-state index contributed by atoms with van der Waals surface area (Å²) < 4.78 is 0. The molecule has 4 nitrogen and oxygen atoms in total. The summed E-state index contributed by atoms with van der Waals surface area (Å²) in [5, 5.41) is 5.91. The van der Waals surface area contributed by atoms with Crippen molar-refractivity contribution in [2.24, 2.45) is 5.73 Å². The van der Waals surface area contributed by atoms with Gasteiger partial charge in [0, 0.05) is 18.0 Å². The lowest BCUT2D eigenvalue weighted by molar-refractivity contribution is -0.123. The molecule has 0 aromatic carbocycles. The van der Waals surface area contributed by atoms with Crippen LogP contribution in [0.1, 0.15) is 38.1 Å². The van der Waals surface area contributed by atoms with Crippen LogP contribution in [0.4, 0.5) is 0 Å². The van der Waals surface area contributed by atoms with Crippen molar-refractivity contribution < 1.29 is 4.79 Å². The van der Waals surface area contributed by atoms with Gasteiger partial charge in [0.05, 0.1) is 5.54 Å². The van der Waals surface area contributed by atoms with Gasteiger partial charge in [0.25, 0.3) is 0 Å². The Labute approximate surface area is 125 Å². The van der Waals surface area contributed by atoms with Crippen molar-refractivity contribution in [1.29, 1.82) is 0 Å². The van der Waals surface area contributed by atoms with Gasteiger partial charge in [-0.15, -0.1) is 36.2 Å². The third-order valence-electron chi connectivity index (χ3n) is 2.63. The summed E-state index contributed by atoms with van der Waals surface area (Å²) >= 11 is 1.57. The molecule has 1 unspecified atom stereocenters. The van der Waals surface area contributed by atoms with E-state index in [1.807, 2.05) is 19.2 Å². The van der Waals surface area contributed by atoms with Crippen molar-refractivity contribution in [3.8, 4) is 0 Å². The van der Waals surface area contributed by atoms with Gasteiger partial charge < -0.3 is 11.1 Å². The minimum Gasteiger partial charge on any atom is -0.344 e. The summed E-state index contributed by atoms with van der Waals surface area (Å²) in [7, 11) is 0. The van der Waals surface area contributed by atoms with E-state index in [9.17, 15) is 4.79 Å². The van der Waals surface area contributed by atoms with Crippen LogP contribution >= 0.6 is 36.2 Å². The molecule has 0 radical (unpaired) electrons. The molecule has 7 heteroatoms. The summed E-state index contributed by atoms with van der Waals surface area (Å²) in [4.78, 5) is 16.0. The molecule has 1 heterocycles. The van der Waals surface area contributed by atoms with E-state index in [0.29, 0.717) is 13.0 Å². The molecule has 1 rings (SSSR count). The zero-order valence-corrected chi connectivity index (χ0v) is 13.1. The lowest BCUT2D eigenvalue weighted by Gasteiger charge is -2.27. The number of carbonyl (C=O) groups excluding carboxylic acids is 1. The molecule has 0 saturated heterocycles. The Morgan fingerprint density at radius 1 is 1.56 bits per heavy atom. The summed E-state index contributed by atoms with van der Waals surface area (Å²) in [6.07, 6.45) is 3.80. The molecule has 3 N–H and O–H groups in total. The summed E-state index contributed by atoms with van der Waals surface area (Å²) in [5.41, 5.74) is 5.03. The standard InChI is InChI=1S/C11H19N3OS.2ClH/c1-3-11(2,10-13-7-8-16-10)14-9(15)5-4-6-12;;/h7-8H,3-6,12H2,1-2H3,(H,14,15);2*1H. The number of aromatic nitrogens is 1. The first-order valence-electron chi connectivity index (χ1n) is 5.53. The first kappa shape index (κ1) is 20.0. The average molecular weight is 314 g/mol. The number of nitrogens with one attached hydrogen (secondary N) is 1. The molecule has 106 valence electrons. The number of amides is 1. The molecule has 0 aliphatic heterocycles. The van der Waals surface area contributed by atoms with Crippen LogP contribution in [-0.4, -0.2) is 17.4 Å². The van der Waals surface area contributed by atoms with Crippen LogP contribution < -0.4 is 11.1 Å². The van der Waals surface area contributed by atoms with Crippen LogP contribution in [0.3, 0.4) is 0 Å². The number of halogens is 2. The fourth-order valence-corrected chi connectivity index (χ4v) is 2.25. The Bertz CT molecular complexity index is 335. The second kappa shape index (κ2) is 9.55. The normalized spacial score (nSPS) is 12.8. The molecule has 0 fully saturated rings. The fraction of sp³-hybridized carbons (Fsp3) is 0.636. The quantitative estimate of drug-likeness (QED) is 0.847. The maximum Gasteiger partial charge on any atom is 0.220 e. The maximum atomic E-state index is 11.7. The zero-order chi connectivity index (χ0) is 12.0. The van der Waals surface area contributed by atoms with Crippen LogP contribution in [-0.2, 0) is 10.3 Å². The van der Waals surface area contributed by atoms with Gasteiger partial charge in [-0.1, -0.05) is 6.92 Å². The molecule has 1 aromatic heterocycles. The van der Waals surface area contributed by atoms with Gasteiger partial charge >= 0.3 is 0 Å². The molecule has 0 spiro atoms. The van der Waals surface area contributed by atoms with Gasteiger partial charge in [-0.25, -0.2) is 4.98 Å². The van der Waals surface area contributed by atoms with E-state index in [2.05, 4.69) is 10.3 Å². The Morgan fingerprint density at radius 3 is 2.67 bits per heavy atom. The molecule has 1 amide bonds. The largest absolute Gasteiger partial charge is 0.344 e. The van der Waals surface area contributed by atoms with Crippen molar-refractivity contribution in [2.45, 2.75) is 38.6 Å². The van der Waals surface area contributed by atoms with Crippen LogP contribution in [0, 0.1) is 0 Å². The summed E-state index contributed by atoms with van der Waals surface area (Å²) in [6, 6.07) is 0. The number of nitrogens with zero attached hydrogens (tertiary/aromatic N) is 1. The highest BCUT2D eigenvalue weighted by molar-refractivity contribution is 7.09. The number of nitrogens with two attached hydrogens (primary N) is 1. The molecule has 0 aliphatic carbocycles. The minimum absolute atomic E-state index is 0. The monoisotopic (exact) mass is 313 g/mol. The third-order valence-corrected chi connectivity index (χ3v) is 3.67. The lowest BCUT2D eigenvalue weighted by Crippen LogP contribution is -2.43. The molecule has 1 aromatic rings. The van der Waals surface area contributed by atoms with Crippen molar-refractivity contribution in [1.82, 2.24) is 10.3 Å². The van der Waals surface area contributed by atoms with Crippen molar-refractivity contribution in [3.05, 3.63) is 16.6 Å². The van der Waals surface area contributed by atoms with Gasteiger partial charge in [0.15, 0.2) is 0 Å². The molecule has 0 saturated carbocycles. The first-order chi connectivity index (χ1) is 7.62. The van der Waals surface area contributed by atoms with Crippen LogP contribution in [0.5, 0.6) is 0 Å². The van der Waals surface area contributed by atoms with Crippen LogP contribution in [0.2, 0.25) is 0 Å². The minimum atomic E-state index is -0.347. The fourth-order valence-electron chi connectivity index (χ4n) is 1.42. The number of hydrogen-bond donors (Lipinski definition) is 2. The van der Waals surface area contributed by atoms with Gasteiger partial charge in [0.1, 0.15) is 5.01 Å². The number of rotatable bonds is 6. The van der Waals surface area contributed by atoms with E-state index in [4.69, 9.17) is 5.73 Å². The second-order valence-electron chi connectivity index (χ2n) is 3.96. The van der Waals surface area contributed by atoms with Crippen LogP contribution in [0.25, 0.3) is 0 Å². The summed E-state index contributed by atoms with van der Waals surface area (Å²) in [5.74, 6) is 0.0463. The molecule has 18 heavy (non-hydrogen) atoms. The molecular weight excluding hydrogens is 293 g/mol. The predicted octanol–water partition coefficient (Wildman–Crippen LogP) is 2.47. The number of thiazole rings is 1. The van der Waals surface area contributed by atoms with Gasteiger partial charge in [-0.05, 0) is 26.3 Å². The molecule has 0 aliphatic rings. The highest BCUT2D eigenvalue weighted by Gasteiger charge is 2.28. The highest BCUT2D eigenvalue weighted by Crippen LogP contribution is 2.26. The lowest BCUT2D eigenvalue weighted by atomic mass is 9.99. The van der Waals surface area contributed by atoms with E-state index in [1.165, 1.54) is 0 Å². The van der Waals surface area contributed by atoms with Crippen molar-refractivity contribution in [2.75, 3.05) is 6.54 Å². The maximum absolute atomic E-state index is 11.7. The first-order valence-corrected chi connectivity index (χ1v) is 6.41. The van der Waals surface area contributed by atoms with Gasteiger partial charge in [-0.2, -0.15) is 0 Å². The Balaban J connectivity index is 0. The van der Waals surface area contributed by atoms with Gasteiger partial charge in [0.2, 0.25) is 5.91 Å². The van der Waals surface area contributed by atoms with E-state index >= 15 is 0 Å². The number of carbonyl (C=O) groups is 1. The van der Waals surface area contributed by atoms with Crippen LogP contribution in [0.15, 0.2) is 11.6 Å². The second-order valence-corrected chi connectivity index (χ2v) is 4.86. The van der Waals surface area contributed by atoms with E-state index in [0.717, 1.165) is 17.8 Å². The topological polar surface area (TPSA) is 68.0 Å². The Hall–Kier alpha value is -0.360. The predicted molar refractivity (Wildman–Crippen MR) is 80.7 cm³/mol. The van der Waals surface area contributed by atoms with Crippen molar-refractivity contribution in [3.63, 3.8) is 0 Å². The van der Waals surface area contributed by atoms with Crippen molar-refractivity contribution >= 4 is 42.1 Å². The van der Waals surface area contributed by atoms with E-state index in [1.54, 1.807) is 17.5 Å². The third kappa shape index (κ3) is 5.52. The Morgan fingerprint density at radius 2 is 2.22 bits per heavy atom. The van der Waals surface area contributed by atoms with E-state index in [-0.39, 0.29) is 36.3 Å². The average Bonchev–Trinajstić information content (AvgIpc) is 2.80. The molecule has 0 bridgehead atoms. The zero-order valence-electron chi connectivity index (χ0n) is 10.6. The Kier molecular flexibility index (Phi) is 10.6. The summed E-state index contributed by atoms with van der Waals surface area (Å²) in [6.45, 7) is 4.60. The number of hydrogen-bond acceptors (Lipinski definition) is 4. The molecular formula is C11H21Cl2N3OS. The van der Waals surface area contributed by atoms with Gasteiger partial charge in [-0.3, -0.25) is 4.79 Å². The highest BCUT2D eigenvalue weighted by atomic mass is 35.5. The smallest absolute Gasteiger partial charge is 0.220 e.